The molecule has 6 nitrogen and oxygen atoms in total. The maximum atomic E-state index is 13.7. The summed E-state index contributed by atoms with van der Waals surface area (Å²) in [6.45, 7) is 0.376. The fraction of sp³-hybridized carbons (Fsp3) is 0.462. The molecule has 0 aromatic heterocycles. The number of anilines is 1. The van der Waals surface area contributed by atoms with Crippen LogP contribution < -0.4 is 4.90 Å². The van der Waals surface area contributed by atoms with Gasteiger partial charge < -0.3 is 10.0 Å². The molecule has 1 atom stereocenters. The molecule has 0 saturated carbocycles. The molecule has 1 saturated heterocycles. The Kier molecular flexibility index (Phi) is 4.16. The molecule has 1 N–H and O–H groups in total. The molecular formula is C13H15FN2O4. The van der Waals surface area contributed by atoms with Gasteiger partial charge in [0.1, 0.15) is 11.7 Å². The number of nitro groups is 1. The molecule has 1 aromatic carbocycles. The molecule has 1 unspecified atom stereocenters. The van der Waals surface area contributed by atoms with E-state index in [1.807, 2.05) is 0 Å². The highest BCUT2D eigenvalue weighted by Gasteiger charge is 2.32. The van der Waals surface area contributed by atoms with Crippen LogP contribution in [0, 0.1) is 15.9 Å². The number of carboxylic acid groups (broad SMARTS) is 1. The van der Waals surface area contributed by atoms with Crippen LogP contribution >= 0.6 is 0 Å². The molecular weight excluding hydrogens is 267 g/mol. The third-order valence-corrected chi connectivity index (χ3v) is 3.50. The van der Waals surface area contributed by atoms with Gasteiger partial charge in [-0.15, -0.1) is 0 Å². The van der Waals surface area contributed by atoms with E-state index in [1.54, 1.807) is 0 Å². The monoisotopic (exact) mass is 282 g/mol. The van der Waals surface area contributed by atoms with Crippen molar-refractivity contribution in [1.29, 1.82) is 0 Å². The van der Waals surface area contributed by atoms with E-state index >= 15 is 0 Å². The lowest BCUT2D eigenvalue weighted by molar-refractivity contribution is -0.386. The Morgan fingerprint density at radius 3 is 2.80 bits per heavy atom. The molecule has 0 amide bonds. The standard InChI is InChI=1S/C13H15FN2O4/c14-9-5-4-7-10(12(9)16(19)20)15-8-3-1-2-6-11(15)13(17)18/h4-5,7,11H,1-3,6,8H2,(H,17,18). The number of para-hydroxylation sites is 1. The fourth-order valence-corrected chi connectivity index (χ4v) is 2.57. The summed E-state index contributed by atoms with van der Waals surface area (Å²) < 4.78 is 13.7. The first kappa shape index (κ1) is 14.2. The SMILES string of the molecule is O=C(O)C1CCCCCN1c1cccc(F)c1[N+](=O)[O-]. The van der Waals surface area contributed by atoms with Crippen LogP contribution in [0.4, 0.5) is 15.8 Å². The highest BCUT2D eigenvalue weighted by Crippen LogP contribution is 2.34. The number of carbonyl (C=O) groups is 1. The van der Waals surface area contributed by atoms with Crippen LogP contribution in [0.5, 0.6) is 0 Å². The molecule has 20 heavy (non-hydrogen) atoms. The van der Waals surface area contributed by atoms with Crippen molar-refractivity contribution in [2.75, 3.05) is 11.4 Å². The second kappa shape index (κ2) is 5.85. The number of aliphatic carboxylic acids is 1. The van der Waals surface area contributed by atoms with Gasteiger partial charge in [-0.3, -0.25) is 10.1 Å². The minimum Gasteiger partial charge on any atom is -0.480 e. The molecule has 108 valence electrons. The van der Waals surface area contributed by atoms with Crippen LogP contribution in [0.3, 0.4) is 0 Å². The summed E-state index contributed by atoms with van der Waals surface area (Å²) in [5.41, 5.74) is -0.607. The normalized spacial score (nSPS) is 19.4. The largest absolute Gasteiger partial charge is 0.480 e. The molecule has 0 bridgehead atoms. The maximum Gasteiger partial charge on any atom is 0.327 e. The van der Waals surface area contributed by atoms with Gasteiger partial charge in [-0.25, -0.2) is 4.79 Å². The summed E-state index contributed by atoms with van der Waals surface area (Å²) in [5.74, 6) is -1.98. The lowest BCUT2D eigenvalue weighted by Crippen LogP contribution is -2.41. The number of hydrogen-bond acceptors (Lipinski definition) is 4. The van der Waals surface area contributed by atoms with Crippen molar-refractivity contribution in [3.63, 3.8) is 0 Å². The van der Waals surface area contributed by atoms with Crippen molar-refractivity contribution in [2.24, 2.45) is 0 Å². The predicted octanol–water partition coefficient (Wildman–Crippen LogP) is 2.57. The zero-order chi connectivity index (χ0) is 14.7. The topological polar surface area (TPSA) is 83.7 Å². The van der Waals surface area contributed by atoms with Gasteiger partial charge in [0, 0.05) is 6.54 Å². The van der Waals surface area contributed by atoms with Gasteiger partial charge in [-0.1, -0.05) is 18.9 Å². The zero-order valence-electron chi connectivity index (χ0n) is 10.8. The average molecular weight is 282 g/mol. The number of hydrogen-bond donors (Lipinski definition) is 1. The smallest absolute Gasteiger partial charge is 0.327 e. The van der Waals surface area contributed by atoms with Gasteiger partial charge >= 0.3 is 11.7 Å². The average Bonchev–Trinajstić information content (AvgIpc) is 2.63. The molecule has 0 aliphatic carbocycles. The van der Waals surface area contributed by atoms with E-state index in [1.165, 1.54) is 17.0 Å². The lowest BCUT2D eigenvalue weighted by atomic mass is 10.1. The molecule has 7 heteroatoms. The van der Waals surface area contributed by atoms with Crippen molar-refractivity contribution in [3.05, 3.63) is 34.1 Å². The first-order valence-corrected chi connectivity index (χ1v) is 6.44. The maximum absolute atomic E-state index is 13.7. The van der Waals surface area contributed by atoms with Crippen LogP contribution in [-0.2, 0) is 4.79 Å². The second-order valence-electron chi connectivity index (χ2n) is 4.76. The van der Waals surface area contributed by atoms with Gasteiger partial charge in [0.25, 0.3) is 0 Å². The summed E-state index contributed by atoms with van der Waals surface area (Å²) >= 11 is 0. The first-order chi connectivity index (χ1) is 9.52. The summed E-state index contributed by atoms with van der Waals surface area (Å²) in [6, 6.07) is 2.93. The van der Waals surface area contributed by atoms with Crippen molar-refractivity contribution in [3.8, 4) is 0 Å². The Labute approximate surface area is 115 Å². The highest BCUT2D eigenvalue weighted by molar-refractivity contribution is 5.80. The molecule has 1 aliphatic rings. The van der Waals surface area contributed by atoms with Crippen molar-refractivity contribution in [1.82, 2.24) is 0 Å². The summed E-state index contributed by atoms with van der Waals surface area (Å²) in [4.78, 5) is 23.0. The minimum atomic E-state index is -1.04. The predicted molar refractivity (Wildman–Crippen MR) is 70.3 cm³/mol. The number of nitrogens with zero attached hydrogens (tertiary/aromatic N) is 2. The van der Waals surface area contributed by atoms with E-state index in [0.29, 0.717) is 13.0 Å². The van der Waals surface area contributed by atoms with Gasteiger partial charge in [0.15, 0.2) is 0 Å². The van der Waals surface area contributed by atoms with Gasteiger partial charge in [-0.2, -0.15) is 4.39 Å². The van der Waals surface area contributed by atoms with Crippen LogP contribution in [0.1, 0.15) is 25.7 Å². The molecule has 1 fully saturated rings. The van der Waals surface area contributed by atoms with Crippen LogP contribution in [0.15, 0.2) is 18.2 Å². The Balaban J connectivity index is 2.49. The van der Waals surface area contributed by atoms with Gasteiger partial charge in [-0.05, 0) is 25.0 Å². The zero-order valence-corrected chi connectivity index (χ0v) is 10.8. The fourth-order valence-electron chi connectivity index (χ4n) is 2.57. The second-order valence-corrected chi connectivity index (χ2v) is 4.76. The molecule has 1 aromatic rings. The number of nitro benzene ring substituents is 1. The number of benzene rings is 1. The van der Waals surface area contributed by atoms with Crippen LogP contribution in [-0.4, -0.2) is 28.6 Å². The lowest BCUT2D eigenvalue weighted by Gasteiger charge is -2.28. The Bertz CT molecular complexity index is 535. The van der Waals surface area contributed by atoms with E-state index in [-0.39, 0.29) is 5.69 Å². The third kappa shape index (κ3) is 2.71. The minimum absolute atomic E-state index is 0.0456. The van der Waals surface area contributed by atoms with E-state index in [0.717, 1.165) is 25.3 Å². The Morgan fingerprint density at radius 1 is 1.40 bits per heavy atom. The quantitative estimate of drug-likeness (QED) is 0.680. The third-order valence-electron chi connectivity index (χ3n) is 3.50. The van der Waals surface area contributed by atoms with Crippen molar-refractivity contribution < 1.29 is 19.2 Å². The van der Waals surface area contributed by atoms with Crippen LogP contribution in [0.2, 0.25) is 0 Å². The van der Waals surface area contributed by atoms with Crippen LogP contribution in [0.25, 0.3) is 0 Å². The van der Waals surface area contributed by atoms with Crippen molar-refractivity contribution in [2.45, 2.75) is 31.7 Å². The molecule has 2 rings (SSSR count). The number of halogens is 1. The van der Waals surface area contributed by atoms with Gasteiger partial charge in [0.2, 0.25) is 5.82 Å². The Morgan fingerprint density at radius 2 is 2.15 bits per heavy atom. The Hall–Kier alpha value is -2.18. The van der Waals surface area contributed by atoms with E-state index < -0.39 is 28.4 Å². The van der Waals surface area contributed by atoms with Gasteiger partial charge in [0.05, 0.1) is 4.92 Å². The molecule has 1 aliphatic heterocycles. The molecule has 1 heterocycles. The van der Waals surface area contributed by atoms with E-state index in [2.05, 4.69) is 0 Å². The molecule has 0 radical (unpaired) electrons. The summed E-state index contributed by atoms with van der Waals surface area (Å²) in [6.07, 6.45) is 2.75. The summed E-state index contributed by atoms with van der Waals surface area (Å²) in [5, 5.41) is 20.3. The highest BCUT2D eigenvalue weighted by atomic mass is 19.1. The van der Waals surface area contributed by atoms with E-state index in [9.17, 15) is 24.4 Å². The molecule has 0 spiro atoms. The summed E-state index contributed by atoms with van der Waals surface area (Å²) in [7, 11) is 0. The number of rotatable bonds is 3. The van der Waals surface area contributed by atoms with E-state index in [4.69, 9.17) is 0 Å². The first-order valence-electron chi connectivity index (χ1n) is 6.44. The van der Waals surface area contributed by atoms with Crippen molar-refractivity contribution >= 4 is 17.3 Å². The number of carboxylic acids is 1.